The molecule has 2 aliphatic rings. The van der Waals surface area contributed by atoms with Gasteiger partial charge in [0.1, 0.15) is 16.9 Å². The topological polar surface area (TPSA) is 54.9 Å². The number of thiazole rings is 1. The lowest BCUT2D eigenvalue weighted by molar-refractivity contribution is -0.161. The van der Waals surface area contributed by atoms with Crippen molar-refractivity contribution in [2.24, 2.45) is 16.7 Å². The van der Waals surface area contributed by atoms with Gasteiger partial charge in [-0.2, -0.15) is 8.78 Å². The Hall–Kier alpha value is -2.17. The Bertz CT molecular complexity index is 1080. The summed E-state index contributed by atoms with van der Waals surface area (Å²) in [6.45, 7) is 6.93. The first-order chi connectivity index (χ1) is 17.5. The number of para-hydroxylation sites is 1. The lowest BCUT2D eigenvalue weighted by Gasteiger charge is -2.49. The molecule has 4 rings (SSSR count). The number of piperidine rings is 1. The monoisotopic (exact) mass is 539 g/mol. The Balaban J connectivity index is 1.58. The molecule has 2 fully saturated rings. The van der Waals surface area contributed by atoms with E-state index in [0.717, 1.165) is 11.4 Å². The first-order valence-electron chi connectivity index (χ1n) is 12.7. The number of carbonyl (C=O) groups excluding carboxylic acids is 1. The van der Waals surface area contributed by atoms with Gasteiger partial charge in [0.05, 0.1) is 18.1 Å². The maximum absolute atomic E-state index is 14.0. The Labute approximate surface area is 220 Å². The number of carbonyl (C=O) groups is 1. The first kappa shape index (κ1) is 27.9. The van der Waals surface area contributed by atoms with Crippen LogP contribution in [0.5, 0.6) is 5.75 Å². The number of aromatic nitrogens is 1. The number of hydrogen-bond donors (Lipinski definition) is 0. The summed E-state index contributed by atoms with van der Waals surface area (Å²) in [7, 11) is 1.42. The third-order valence-electron chi connectivity index (χ3n) is 7.49. The lowest BCUT2D eigenvalue weighted by atomic mass is 9.66. The van der Waals surface area contributed by atoms with E-state index in [2.05, 4.69) is 40.3 Å². The van der Waals surface area contributed by atoms with E-state index in [1.165, 1.54) is 24.5 Å². The van der Waals surface area contributed by atoms with Gasteiger partial charge < -0.3 is 9.47 Å². The highest BCUT2D eigenvalue weighted by Crippen LogP contribution is 2.44. The van der Waals surface area contributed by atoms with Crippen molar-refractivity contribution in [2.75, 3.05) is 39.8 Å². The molecule has 0 unspecified atom stereocenters. The quantitative estimate of drug-likeness (QED) is 0.414. The van der Waals surface area contributed by atoms with Gasteiger partial charge in [-0.05, 0) is 36.3 Å². The molecule has 0 spiro atoms. The maximum Gasteiger partial charge on any atom is 0.387 e. The molecule has 204 valence electrons. The van der Waals surface area contributed by atoms with Crippen LogP contribution in [0, 0.1) is 16.7 Å². The standard InChI is InChI=1S/C27H36F3N3O3S/c1-26(2,3)18-11-27(24(34)35-4,16-32-10-9-19(28)14-32)17-33(13-18)15-20-12-31-23(37-20)21-7-5-6-8-22(21)36-25(29)30/h5-8,12,18-19,25H,9-11,13-17H2,1-4H3/t18-,19-,27+/m1/s1. The molecule has 2 aliphatic heterocycles. The number of halogens is 3. The van der Waals surface area contributed by atoms with E-state index in [4.69, 9.17) is 4.74 Å². The Morgan fingerprint density at radius 2 is 2.00 bits per heavy atom. The molecule has 37 heavy (non-hydrogen) atoms. The molecule has 1 aromatic heterocycles. The number of nitrogens with zero attached hydrogens (tertiary/aromatic N) is 3. The zero-order chi connectivity index (χ0) is 26.8. The molecule has 0 N–H and O–H groups in total. The molecule has 2 aromatic rings. The van der Waals surface area contributed by atoms with Crippen LogP contribution >= 0.6 is 11.3 Å². The van der Waals surface area contributed by atoms with Gasteiger partial charge in [0.15, 0.2) is 0 Å². The van der Waals surface area contributed by atoms with Crippen molar-refractivity contribution in [3.63, 3.8) is 0 Å². The van der Waals surface area contributed by atoms with Crippen LogP contribution in [0.1, 0.15) is 38.5 Å². The molecule has 0 amide bonds. The molecule has 2 saturated heterocycles. The Morgan fingerprint density at radius 1 is 1.24 bits per heavy atom. The number of ether oxygens (including phenoxy) is 2. The van der Waals surface area contributed by atoms with Crippen LogP contribution < -0.4 is 4.74 Å². The van der Waals surface area contributed by atoms with Crippen molar-refractivity contribution < 1.29 is 27.4 Å². The zero-order valence-corrected chi connectivity index (χ0v) is 22.7. The summed E-state index contributed by atoms with van der Waals surface area (Å²) in [5, 5.41) is 0.598. The Morgan fingerprint density at radius 3 is 2.65 bits per heavy atom. The summed E-state index contributed by atoms with van der Waals surface area (Å²) >= 11 is 1.42. The van der Waals surface area contributed by atoms with Gasteiger partial charge in [-0.15, -0.1) is 11.3 Å². The highest BCUT2D eigenvalue weighted by atomic mass is 32.1. The largest absolute Gasteiger partial charge is 0.469 e. The second kappa shape index (κ2) is 11.3. The molecule has 0 radical (unpaired) electrons. The summed E-state index contributed by atoms with van der Waals surface area (Å²) in [6, 6.07) is 6.63. The normalized spacial score (nSPS) is 25.5. The predicted molar refractivity (Wildman–Crippen MR) is 137 cm³/mol. The summed E-state index contributed by atoms with van der Waals surface area (Å²) < 4.78 is 49.8. The number of benzene rings is 1. The van der Waals surface area contributed by atoms with Gasteiger partial charge in [-0.25, -0.2) is 9.37 Å². The predicted octanol–water partition coefficient (Wildman–Crippen LogP) is 5.48. The molecule has 3 heterocycles. The smallest absolute Gasteiger partial charge is 0.387 e. The van der Waals surface area contributed by atoms with Gasteiger partial charge in [0, 0.05) is 50.3 Å². The number of likely N-dealkylation sites (tertiary alicyclic amines) is 2. The third-order valence-corrected chi connectivity index (χ3v) is 8.51. The minimum absolute atomic E-state index is 0.0456. The van der Waals surface area contributed by atoms with Crippen LogP contribution in [0.3, 0.4) is 0 Å². The zero-order valence-electron chi connectivity index (χ0n) is 21.9. The van der Waals surface area contributed by atoms with Crippen molar-refractivity contribution in [3.05, 3.63) is 35.3 Å². The van der Waals surface area contributed by atoms with Gasteiger partial charge >= 0.3 is 12.6 Å². The van der Waals surface area contributed by atoms with Crippen LogP contribution in [0.4, 0.5) is 13.2 Å². The average molecular weight is 540 g/mol. The highest BCUT2D eigenvalue weighted by Gasteiger charge is 2.50. The van der Waals surface area contributed by atoms with E-state index in [1.54, 1.807) is 24.4 Å². The summed E-state index contributed by atoms with van der Waals surface area (Å²) in [5.41, 5.74) is -0.292. The fourth-order valence-electron chi connectivity index (χ4n) is 5.57. The molecule has 0 bridgehead atoms. The van der Waals surface area contributed by atoms with E-state index in [0.29, 0.717) is 56.1 Å². The van der Waals surface area contributed by atoms with Crippen LogP contribution in [-0.2, 0) is 16.1 Å². The Kier molecular flexibility index (Phi) is 8.50. The number of methoxy groups -OCH3 is 1. The fraction of sp³-hybridized carbons (Fsp3) is 0.630. The second-order valence-electron chi connectivity index (χ2n) is 11.3. The minimum Gasteiger partial charge on any atom is -0.469 e. The SMILES string of the molecule is COC(=O)[C@]1(CN2CC[C@@H](F)C2)C[C@@H](C(C)(C)C)CN(Cc2cnc(-c3ccccc3OC(F)F)s2)C1. The maximum atomic E-state index is 14.0. The van der Waals surface area contributed by atoms with E-state index in [-0.39, 0.29) is 23.1 Å². The van der Waals surface area contributed by atoms with Crippen LogP contribution in [0.2, 0.25) is 0 Å². The average Bonchev–Trinajstić information content (AvgIpc) is 3.46. The van der Waals surface area contributed by atoms with Gasteiger partial charge in [-0.3, -0.25) is 14.6 Å². The summed E-state index contributed by atoms with van der Waals surface area (Å²) in [5.74, 6) is 0.0548. The van der Waals surface area contributed by atoms with Crippen LogP contribution in [0.25, 0.3) is 10.6 Å². The number of alkyl halides is 3. The molecular weight excluding hydrogens is 503 g/mol. The molecule has 3 atom stereocenters. The molecular formula is C27H36F3N3O3S. The molecule has 0 saturated carbocycles. The third kappa shape index (κ3) is 6.64. The van der Waals surface area contributed by atoms with Crippen molar-refractivity contribution >= 4 is 17.3 Å². The lowest BCUT2D eigenvalue weighted by Crippen LogP contribution is -2.57. The first-order valence-corrected chi connectivity index (χ1v) is 13.5. The molecule has 10 heteroatoms. The van der Waals surface area contributed by atoms with E-state index >= 15 is 0 Å². The highest BCUT2D eigenvalue weighted by molar-refractivity contribution is 7.15. The van der Waals surface area contributed by atoms with Gasteiger partial charge in [0.2, 0.25) is 0 Å². The number of rotatable bonds is 8. The van der Waals surface area contributed by atoms with Crippen molar-refractivity contribution in [1.82, 2.24) is 14.8 Å². The fourth-order valence-corrected chi connectivity index (χ4v) is 6.56. The van der Waals surface area contributed by atoms with Crippen LogP contribution in [0.15, 0.2) is 30.5 Å². The molecule has 0 aliphatic carbocycles. The van der Waals surface area contributed by atoms with E-state index < -0.39 is 18.2 Å². The van der Waals surface area contributed by atoms with Crippen molar-refractivity contribution in [1.29, 1.82) is 0 Å². The molecule has 1 aromatic carbocycles. The summed E-state index contributed by atoms with van der Waals surface area (Å²) in [6.07, 6.45) is 2.07. The van der Waals surface area contributed by atoms with Crippen molar-refractivity contribution in [2.45, 2.75) is 52.9 Å². The number of esters is 1. The number of hydrogen-bond acceptors (Lipinski definition) is 7. The summed E-state index contributed by atoms with van der Waals surface area (Å²) in [4.78, 5) is 23.1. The van der Waals surface area contributed by atoms with Crippen molar-refractivity contribution in [3.8, 4) is 16.3 Å². The second-order valence-corrected chi connectivity index (χ2v) is 12.5. The van der Waals surface area contributed by atoms with E-state index in [9.17, 15) is 18.0 Å². The van der Waals surface area contributed by atoms with Gasteiger partial charge in [0.25, 0.3) is 0 Å². The van der Waals surface area contributed by atoms with E-state index in [1.807, 2.05) is 0 Å². The van der Waals surface area contributed by atoms with Crippen LogP contribution in [-0.4, -0.2) is 73.4 Å². The molecule has 6 nitrogen and oxygen atoms in total. The van der Waals surface area contributed by atoms with Gasteiger partial charge in [-0.1, -0.05) is 32.9 Å². The minimum atomic E-state index is -2.92.